The number of ether oxygens (including phenoxy) is 1. The number of aryl methyl sites for hydroxylation is 2. The third-order valence-electron chi connectivity index (χ3n) is 5.32. The molecule has 0 spiro atoms. The molecule has 29 heavy (non-hydrogen) atoms. The molecule has 1 aliphatic heterocycles. The summed E-state index contributed by atoms with van der Waals surface area (Å²) >= 11 is 6.23. The van der Waals surface area contributed by atoms with Gasteiger partial charge in [0.2, 0.25) is 5.91 Å². The van der Waals surface area contributed by atoms with Crippen LogP contribution in [0.4, 0.5) is 5.69 Å². The first-order valence-electron chi connectivity index (χ1n) is 9.75. The summed E-state index contributed by atoms with van der Waals surface area (Å²) in [7, 11) is 1.64. The summed E-state index contributed by atoms with van der Waals surface area (Å²) in [6.07, 6.45) is 4.32. The Balaban J connectivity index is 1.50. The van der Waals surface area contributed by atoms with Gasteiger partial charge in [0.05, 0.1) is 24.0 Å². The Labute approximate surface area is 175 Å². The van der Waals surface area contributed by atoms with E-state index in [0.717, 1.165) is 29.8 Å². The minimum absolute atomic E-state index is 0.0485. The van der Waals surface area contributed by atoms with Crippen molar-refractivity contribution in [3.63, 3.8) is 0 Å². The second kappa shape index (κ2) is 8.29. The second-order valence-electron chi connectivity index (χ2n) is 7.16. The van der Waals surface area contributed by atoms with Crippen molar-refractivity contribution in [3.8, 4) is 17.1 Å². The number of nitrogens with zero attached hydrogens (tertiary/aromatic N) is 2. The van der Waals surface area contributed by atoms with Gasteiger partial charge in [0.15, 0.2) is 11.7 Å². The molecule has 0 fully saturated rings. The first kappa shape index (κ1) is 19.5. The van der Waals surface area contributed by atoms with Crippen LogP contribution in [0, 0.1) is 6.92 Å². The number of rotatable bonds is 5. The average molecular weight is 411 g/mol. The Morgan fingerprint density at radius 2 is 2.10 bits per heavy atom. The maximum Gasteiger partial charge on any atom is 0.227 e. The predicted molar refractivity (Wildman–Crippen MR) is 114 cm³/mol. The lowest BCUT2D eigenvalue weighted by Gasteiger charge is -2.32. The lowest BCUT2D eigenvalue weighted by molar-refractivity contribution is -0.118. The second-order valence-corrected chi connectivity index (χ2v) is 7.57. The first-order chi connectivity index (χ1) is 14.1. The van der Waals surface area contributed by atoms with Crippen LogP contribution in [0.5, 0.6) is 5.75 Å². The monoisotopic (exact) mass is 410 g/mol. The number of hydrogen-bond donors (Lipinski definition) is 0. The number of carbonyl (C=O) groups excluding carboxylic acids is 1. The van der Waals surface area contributed by atoms with E-state index >= 15 is 0 Å². The van der Waals surface area contributed by atoms with Crippen LogP contribution in [-0.4, -0.2) is 24.5 Å². The van der Waals surface area contributed by atoms with Crippen LogP contribution >= 0.6 is 11.6 Å². The quantitative estimate of drug-likeness (QED) is 0.578. The van der Waals surface area contributed by atoms with E-state index in [1.807, 2.05) is 35.2 Å². The standard InChI is InChI=1S/C23H23ClN2O3/c1-15-9-10-19(28-2)23-16(15)7-5-13-26(23)22(27)12-11-21-25-14-20(29-21)17-6-3-4-8-18(17)24/h3-4,6,8-10,14H,5,7,11-13H2,1-2H3. The summed E-state index contributed by atoms with van der Waals surface area (Å²) in [4.78, 5) is 19.2. The fourth-order valence-electron chi connectivity index (χ4n) is 3.83. The third-order valence-corrected chi connectivity index (χ3v) is 5.65. The number of halogens is 1. The van der Waals surface area contributed by atoms with E-state index in [1.165, 1.54) is 11.1 Å². The van der Waals surface area contributed by atoms with Gasteiger partial charge in [-0.05, 0) is 49.1 Å². The topological polar surface area (TPSA) is 55.6 Å². The molecule has 2 aromatic carbocycles. The molecule has 1 aromatic heterocycles. The molecule has 0 atom stereocenters. The zero-order valence-corrected chi connectivity index (χ0v) is 17.3. The smallest absolute Gasteiger partial charge is 0.227 e. The highest BCUT2D eigenvalue weighted by Crippen LogP contribution is 2.38. The van der Waals surface area contributed by atoms with E-state index in [0.29, 0.717) is 36.1 Å². The maximum atomic E-state index is 13.0. The van der Waals surface area contributed by atoms with Gasteiger partial charge >= 0.3 is 0 Å². The van der Waals surface area contributed by atoms with E-state index in [-0.39, 0.29) is 5.91 Å². The molecule has 0 saturated heterocycles. The summed E-state index contributed by atoms with van der Waals surface area (Å²) in [5.74, 6) is 1.93. The fourth-order valence-corrected chi connectivity index (χ4v) is 4.06. The summed E-state index contributed by atoms with van der Waals surface area (Å²) in [5.41, 5.74) is 4.09. The van der Waals surface area contributed by atoms with Crippen LogP contribution in [0.3, 0.4) is 0 Å². The van der Waals surface area contributed by atoms with Gasteiger partial charge in [0.25, 0.3) is 0 Å². The van der Waals surface area contributed by atoms with Gasteiger partial charge in [0, 0.05) is 24.9 Å². The zero-order valence-electron chi connectivity index (χ0n) is 16.6. The van der Waals surface area contributed by atoms with Crippen LogP contribution in [0.25, 0.3) is 11.3 Å². The molecule has 0 unspecified atom stereocenters. The molecule has 5 nitrogen and oxygen atoms in total. The third kappa shape index (κ3) is 3.87. The van der Waals surface area contributed by atoms with Gasteiger partial charge in [-0.15, -0.1) is 0 Å². The minimum Gasteiger partial charge on any atom is -0.495 e. The van der Waals surface area contributed by atoms with Crippen LogP contribution < -0.4 is 9.64 Å². The van der Waals surface area contributed by atoms with Gasteiger partial charge in [-0.2, -0.15) is 0 Å². The molecule has 4 rings (SSSR count). The highest BCUT2D eigenvalue weighted by atomic mass is 35.5. The van der Waals surface area contributed by atoms with E-state index < -0.39 is 0 Å². The van der Waals surface area contributed by atoms with Gasteiger partial charge in [0.1, 0.15) is 5.75 Å². The van der Waals surface area contributed by atoms with Crippen molar-refractivity contribution in [1.82, 2.24) is 4.98 Å². The summed E-state index contributed by atoms with van der Waals surface area (Å²) in [6.45, 7) is 2.78. The van der Waals surface area contributed by atoms with E-state index in [4.69, 9.17) is 20.8 Å². The Hall–Kier alpha value is -2.79. The van der Waals surface area contributed by atoms with Gasteiger partial charge < -0.3 is 14.1 Å². The Kier molecular flexibility index (Phi) is 5.58. The molecule has 2 heterocycles. The minimum atomic E-state index is 0.0485. The normalized spacial score (nSPS) is 13.3. The van der Waals surface area contributed by atoms with Crippen molar-refractivity contribution in [3.05, 3.63) is 64.6 Å². The maximum absolute atomic E-state index is 13.0. The molecule has 1 amide bonds. The number of oxazole rings is 1. The summed E-state index contributed by atoms with van der Waals surface area (Å²) in [6, 6.07) is 11.4. The van der Waals surface area contributed by atoms with E-state index in [1.54, 1.807) is 13.3 Å². The number of carbonyl (C=O) groups is 1. The highest BCUT2D eigenvalue weighted by Gasteiger charge is 2.27. The number of aromatic nitrogens is 1. The molecule has 0 saturated carbocycles. The number of fused-ring (bicyclic) bond motifs is 1. The molecule has 0 aliphatic carbocycles. The van der Waals surface area contributed by atoms with Crippen LogP contribution in [0.2, 0.25) is 5.02 Å². The van der Waals surface area contributed by atoms with Crippen molar-refractivity contribution < 1.29 is 13.9 Å². The van der Waals surface area contributed by atoms with Crippen LogP contribution in [0.15, 0.2) is 47.0 Å². The molecule has 150 valence electrons. The SMILES string of the molecule is COc1ccc(C)c2c1N(C(=O)CCc1ncc(-c3ccccc3Cl)o1)CCC2. The molecule has 3 aromatic rings. The first-order valence-corrected chi connectivity index (χ1v) is 10.1. The number of anilines is 1. The lowest BCUT2D eigenvalue weighted by atomic mass is 9.96. The summed E-state index contributed by atoms with van der Waals surface area (Å²) in [5, 5.41) is 0.610. The molecule has 0 radical (unpaired) electrons. The van der Waals surface area contributed by atoms with Crippen molar-refractivity contribution in [2.75, 3.05) is 18.6 Å². The van der Waals surface area contributed by atoms with Gasteiger partial charge in [-0.3, -0.25) is 4.79 Å². The summed E-state index contributed by atoms with van der Waals surface area (Å²) < 4.78 is 11.4. The molecule has 1 aliphatic rings. The fraction of sp³-hybridized carbons (Fsp3) is 0.304. The molecular weight excluding hydrogens is 388 g/mol. The number of methoxy groups -OCH3 is 1. The Bertz CT molecular complexity index is 1040. The van der Waals surface area contributed by atoms with Crippen LogP contribution in [0.1, 0.15) is 29.9 Å². The number of benzene rings is 2. The van der Waals surface area contributed by atoms with E-state index in [9.17, 15) is 4.79 Å². The average Bonchev–Trinajstić information content (AvgIpc) is 3.21. The molecule has 0 N–H and O–H groups in total. The highest BCUT2D eigenvalue weighted by molar-refractivity contribution is 6.33. The van der Waals surface area contributed by atoms with Crippen molar-refractivity contribution in [2.45, 2.75) is 32.6 Å². The van der Waals surface area contributed by atoms with E-state index in [2.05, 4.69) is 18.0 Å². The zero-order chi connectivity index (χ0) is 20.4. The van der Waals surface area contributed by atoms with Crippen LogP contribution in [-0.2, 0) is 17.6 Å². The lowest BCUT2D eigenvalue weighted by Crippen LogP contribution is -2.36. The van der Waals surface area contributed by atoms with Crippen molar-refractivity contribution in [2.24, 2.45) is 0 Å². The molecule has 6 heteroatoms. The molecular formula is C23H23ClN2O3. The molecule has 0 bridgehead atoms. The number of amides is 1. The van der Waals surface area contributed by atoms with Gasteiger partial charge in [-0.25, -0.2) is 4.98 Å². The Morgan fingerprint density at radius 3 is 2.90 bits per heavy atom. The predicted octanol–water partition coefficient (Wildman–Crippen LogP) is 5.22. The van der Waals surface area contributed by atoms with Gasteiger partial charge in [-0.1, -0.05) is 29.8 Å². The van der Waals surface area contributed by atoms with Crippen molar-refractivity contribution >= 4 is 23.2 Å². The Morgan fingerprint density at radius 1 is 1.28 bits per heavy atom. The van der Waals surface area contributed by atoms with Crippen molar-refractivity contribution in [1.29, 1.82) is 0 Å². The largest absolute Gasteiger partial charge is 0.495 e. The number of hydrogen-bond acceptors (Lipinski definition) is 4.